The van der Waals surface area contributed by atoms with Gasteiger partial charge in [0.25, 0.3) is 0 Å². The van der Waals surface area contributed by atoms with E-state index in [9.17, 15) is 0 Å². The Kier molecular flexibility index (Phi) is 3.58. The van der Waals surface area contributed by atoms with Gasteiger partial charge in [-0.15, -0.1) is 5.10 Å². The van der Waals surface area contributed by atoms with E-state index in [0.717, 1.165) is 41.8 Å². The molecule has 0 amide bonds. The van der Waals surface area contributed by atoms with Crippen LogP contribution in [0.2, 0.25) is 0 Å². The first-order valence-electron chi connectivity index (χ1n) is 8.22. The molecule has 0 radical (unpaired) electrons. The van der Waals surface area contributed by atoms with E-state index in [4.69, 9.17) is 0 Å². The van der Waals surface area contributed by atoms with Gasteiger partial charge in [0.15, 0.2) is 0 Å². The number of hydrogen-bond donors (Lipinski definition) is 0. The van der Waals surface area contributed by atoms with Crippen molar-refractivity contribution in [2.75, 3.05) is 13.1 Å². The molecule has 0 unspecified atom stereocenters. The molecule has 5 heteroatoms. The molecule has 23 heavy (non-hydrogen) atoms. The quantitative estimate of drug-likeness (QED) is 0.746. The number of rotatable bonds is 3. The predicted molar refractivity (Wildman–Crippen MR) is 90.3 cm³/mol. The Balaban J connectivity index is 1.66. The van der Waals surface area contributed by atoms with E-state index in [1.165, 1.54) is 0 Å². The van der Waals surface area contributed by atoms with Crippen LogP contribution < -0.4 is 0 Å². The lowest BCUT2D eigenvalue weighted by molar-refractivity contribution is 0.272. The number of aromatic nitrogens is 4. The molecule has 118 valence electrons. The van der Waals surface area contributed by atoms with Crippen LogP contribution in [0.3, 0.4) is 0 Å². The third-order valence-corrected chi connectivity index (χ3v) is 4.77. The molecule has 3 aromatic rings. The van der Waals surface area contributed by atoms with Gasteiger partial charge in [-0.05, 0) is 38.9 Å². The Morgan fingerprint density at radius 3 is 2.83 bits per heavy atom. The third kappa shape index (κ3) is 2.61. The first-order valence-corrected chi connectivity index (χ1v) is 8.22. The molecule has 0 N–H and O–H groups in total. The van der Waals surface area contributed by atoms with Gasteiger partial charge in [-0.25, -0.2) is 4.52 Å². The average molecular weight is 307 g/mol. The molecule has 0 bridgehead atoms. The Labute approximate surface area is 136 Å². The van der Waals surface area contributed by atoms with Crippen LogP contribution in [0.1, 0.15) is 31.9 Å². The summed E-state index contributed by atoms with van der Waals surface area (Å²) in [7, 11) is 0. The van der Waals surface area contributed by atoms with Crippen LogP contribution >= 0.6 is 0 Å². The highest BCUT2D eigenvalue weighted by atomic mass is 15.4. The molecule has 1 saturated heterocycles. The fourth-order valence-electron chi connectivity index (χ4n) is 3.39. The molecule has 4 heterocycles. The van der Waals surface area contributed by atoms with Crippen LogP contribution in [0.5, 0.6) is 0 Å². The maximum atomic E-state index is 4.48. The zero-order valence-corrected chi connectivity index (χ0v) is 13.6. The standard InChI is InChI=1S/C18H21N5/c1-13(2)22-9-7-16(11-22)18-17-6-5-15(12-23(17)21-20-18)14-4-3-8-19-10-14/h3-6,8,10,12-13,16H,7,9,11H2,1-2H3/t16-/m0/s1. The molecular weight excluding hydrogens is 286 g/mol. The highest BCUT2D eigenvalue weighted by Gasteiger charge is 2.28. The van der Waals surface area contributed by atoms with Gasteiger partial charge in [-0.3, -0.25) is 4.98 Å². The minimum Gasteiger partial charge on any atom is -0.300 e. The smallest absolute Gasteiger partial charge is 0.0949 e. The van der Waals surface area contributed by atoms with Crippen molar-refractivity contribution < 1.29 is 0 Å². The zero-order valence-electron chi connectivity index (χ0n) is 13.6. The summed E-state index contributed by atoms with van der Waals surface area (Å²) in [6.07, 6.45) is 6.86. The number of likely N-dealkylation sites (tertiary alicyclic amines) is 1. The lowest BCUT2D eigenvalue weighted by Crippen LogP contribution is -2.27. The number of nitrogens with zero attached hydrogens (tertiary/aromatic N) is 5. The summed E-state index contributed by atoms with van der Waals surface area (Å²) in [5.74, 6) is 0.485. The molecule has 0 spiro atoms. The maximum absolute atomic E-state index is 4.48. The minimum absolute atomic E-state index is 0.485. The van der Waals surface area contributed by atoms with Gasteiger partial charge in [0, 0.05) is 48.2 Å². The summed E-state index contributed by atoms with van der Waals surface area (Å²) in [5, 5.41) is 8.82. The fourth-order valence-corrected chi connectivity index (χ4v) is 3.39. The van der Waals surface area contributed by atoms with Crippen molar-refractivity contribution in [1.82, 2.24) is 24.7 Å². The van der Waals surface area contributed by atoms with Gasteiger partial charge in [-0.2, -0.15) is 0 Å². The highest BCUT2D eigenvalue weighted by molar-refractivity contribution is 5.65. The summed E-state index contributed by atoms with van der Waals surface area (Å²) >= 11 is 0. The fraction of sp³-hybridized carbons (Fsp3) is 0.389. The van der Waals surface area contributed by atoms with Crippen molar-refractivity contribution in [1.29, 1.82) is 0 Å². The van der Waals surface area contributed by atoms with E-state index in [1.54, 1.807) is 6.20 Å². The Bertz CT molecular complexity index is 809. The SMILES string of the molecule is CC(C)N1CC[C@H](c2nnn3cc(-c4cccnc4)ccc23)C1. The monoisotopic (exact) mass is 307 g/mol. The largest absolute Gasteiger partial charge is 0.300 e. The van der Waals surface area contributed by atoms with Gasteiger partial charge < -0.3 is 4.90 Å². The van der Waals surface area contributed by atoms with E-state index in [1.807, 2.05) is 23.0 Å². The molecule has 0 aromatic carbocycles. The summed E-state index contributed by atoms with van der Waals surface area (Å²) in [5.41, 5.74) is 4.45. The van der Waals surface area contributed by atoms with Crippen LogP contribution in [0.15, 0.2) is 42.9 Å². The molecule has 1 aliphatic rings. The number of fused-ring (bicyclic) bond motifs is 1. The molecule has 0 aliphatic carbocycles. The van der Waals surface area contributed by atoms with Crippen LogP contribution in [0.4, 0.5) is 0 Å². The van der Waals surface area contributed by atoms with Gasteiger partial charge >= 0.3 is 0 Å². The molecule has 3 aromatic heterocycles. The molecule has 5 nitrogen and oxygen atoms in total. The van der Waals surface area contributed by atoms with E-state index < -0.39 is 0 Å². The van der Waals surface area contributed by atoms with Crippen molar-refractivity contribution in [2.45, 2.75) is 32.2 Å². The Morgan fingerprint density at radius 2 is 2.09 bits per heavy atom. The minimum atomic E-state index is 0.485. The zero-order chi connectivity index (χ0) is 15.8. The van der Waals surface area contributed by atoms with Crippen molar-refractivity contribution in [3.63, 3.8) is 0 Å². The average Bonchev–Trinajstić information content (AvgIpc) is 3.21. The van der Waals surface area contributed by atoms with Crippen LogP contribution in [0.25, 0.3) is 16.6 Å². The lowest BCUT2D eigenvalue weighted by atomic mass is 10.0. The second-order valence-electron chi connectivity index (χ2n) is 6.54. The molecule has 1 fully saturated rings. The maximum Gasteiger partial charge on any atom is 0.0949 e. The molecule has 0 saturated carbocycles. The van der Waals surface area contributed by atoms with Crippen LogP contribution in [-0.2, 0) is 0 Å². The first-order chi connectivity index (χ1) is 11.2. The van der Waals surface area contributed by atoms with E-state index in [0.29, 0.717) is 12.0 Å². The summed E-state index contributed by atoms with van der Waals surface area (Å²) < 4.78 is 1.90. The Hall–Kier alpha value is -2.27. The van der Waals surface area contributed by atoms with Crippen molar-refractivity contribution in [2.24, 2.45) is 0 Å². The highest BCUT2D eigenvalue weighted by Crippen LogP contribution is 2.30. The van der Waals surface area contributed by atoms with Gasteiger partial charge in [-0.1, -0.05) is 17.3 Å². The molecular formula is C18H21N5. The molecule has 4 rings (SSSR count). The van der Waals surface area contributed by atoms with Gasteiger partial charge in [0.1, 0.15) is 0 Å². The van der Waals surface area contributed by atoms with Gasteiger partial charge in [0.05, 0.1) is 11.2 Å². The second kappa shape index (κ2) is 5.74. The lowest BCUT2D eigenvalue weighted by Gasteiger charge is -2.19. The number of pyridine rings is 2. The summed E-state index contributed by atoms with van der Waals surface area (Å²) in [6.45, 7) is 6.74. The second-order valence-corrected chi connectivity index (χ2v) is 6.54. The first kappa shape index (κ1) is 14.3. The topological polar surface area (TPSA) is 46.3 Å². The van der Waals surface area contributed by atoms with Crippen LogP contribution in [-0.4, -0.2) is 43.8 Å². The molecule has 1 aliphatic heterocycles. The van der Waals surface area contributed by atoms with Crippen molar-refractivity contribution >= 4 is 5.52 Å². The number of hydrogen-bond acceptors (Lipinski definition) is 4. The molecule has 1 atom stereocenters. The Morgan fingerprint density at radius 1 is 1.17 bits per heavy atom. The van der Waals surface area contributed by atoms with Gasteiger partial charge in [0.2, 0.25) is 0 Å². The van der Waals surface area contributed by atoms with Crippen LogP contribution in [0, 0.1) is 0 Å². The van der Waals surface area contributed by atoms with E-state index >= 15 is 0 Å². The normalized spacial score (nSPS) is 19.0. The third-order valence-electron chi connectivity index (χ3n) is 4.77. The van der Waals surface area contributed by atoms with Crippen molar-refractivity contribution in [3.8, 4) is 11.1 Å². The van der Waals surface area contributed by atoms with E-state index in [2.05, 4.69) is 52.2 Å². The van der Waals surface area contributed by atoms with Crippen molar-refractivity contribution in [3.05, 3.63) is 48.5 Å². The summed E-state index contributed by atoms with van der Waals surface area (Å²) in [6, 6.07) is 8.87. The predicted octanol–water partition coefficient (Wildman–Crippen LogP) is 2.99. The summed E-state index contributed by atoms with van der Waals surface area (Å²) in [4.78, 5) is 6.70. The van der Waals surface area contributed by atoms with E-state index in [-0.39, 0.29) is 0 Å².